The van der Waals surface area contributed by atoms with Crippen LogP contribution < -0.4 is 11.0 Å². The number of aryl methyl sites for hydroxylation is 1. The third-order valence-electron chi connectivity index (χ3n) is 4.28. The van der Waals surface area contributed by atoms with Gasteiger partial charge in [-0.25, -0.2) is 10.1 Å². The Kier molecular flexibility index (Phi) is 5.61. The molecule has 0 bridgehead atoms. The zero-order chi connectivity index (χ0) is 20.1. The average molecular weight is 373 g/mol. The topological polar surface area (TPSA) is 100 Å². The van der Waals surface area contributed by atoms with Gasteiger partial charge in [-0.3, -0.25) is 9.59 Å². The van der Waals surface area contributed by atoms with Gasteiger partial charge in [-0.15, -0.1) is 0 Å². The normalized spacial score (nSPS) is 11.2. The molecule has 1 N–H and O–H groups in total. The van der Waals surface area contributed by atoms with Gasteiger partial charge in [0.2, 0.25) is 0 Å². The highest BCUT2D eigenvalue weighted by molar-refractivity contribution is 6.06. The van der Waals surface area contributed by atoms with Gasteiger partial charge < -0.3 is 0 Å². The molecule has 28 heavy (non-hydrogen) atoms. The fourth-order valence-electron chi connectivity index (χ4n) is 2.80. The first-order valence-corrected chi connectivity index (χ1v) is 8.90. The van der Waals surface area contributed by atoms with Gasteiger partial charge in [0.05, 0.1) is 22.7 Å². The molecule has 0 radical (unpaired) electrons. The van der Waals surface area contributed by atoms with E-state index in [4.69, 9.17) is 5.26 Å². The molecule has 0 aliphatic heterocycles. The second-order valence-electron chi connectivity index (χ2n) is 6.25. The summed E-state index contributed by atoms with van der Waals surface area (Å²) in [6.07, 6.45) is 0.724. The Balaban J connectivity index is 1.93. The van der Waals surface area contributed by atoms with Crippen molar-refractivity contribution in [3.8, 4) is 6.07 Å². The number of benzene rings is 2. The van der Waals surface area contributed by atoms with E-state index in [9.17, 15) is 9.59 Å². The molecule has 0 unspecified atom stereocenters. The van der Waals surface area contributed by atoms with E-state index in [0.717, 1.165) is 12.0 Å². The predicted molar refractivity (Wildman–Crippen MR) is 107 cm³/mol. The predicted octanol–water partition coefficient (Wildman–Crippen LogP) is 2.83. The molecule has 0 fully saturated rings. The highest BCUT2D eigenvalue weighted by atomic mass is 16.2. The van der Waals surface area contributed by atoms with Crippen molar-refractivity contribution in [2.24, 2.45) is 5.10 Å². The Morgan fingerprint density at radius 3 is 2.50 bits per heavy atom. The lowest BCUT2D eigenvalue weighted by Gasteiger charge is -2.09. The molecule has 1 heterocycles. The van der Waals surface area contributed by atoms with Gasteiger partial charge in [0.25, 0.3) is 11.5 Å². The molecule has 0 spiro atoms. The van der Waals surface area contributed by atoms with Crippen molar-refractivity contribution in [1.29, 1.82) is 5.26 Å². The minimum absolute atomic E-state index is 0.153. The second-order valence-corrected chi connectivity index (χ2v) is 6.25. The third kappa shape index (κ3) is 3.81. The van der Waals surface area contributed by atoms with E-state index >= 15 is 0 Å². The number of carbonyl (C=O) groups is 1. The standard InChI is InChI=1S/C21H19N5O2/c1-3-12-26-21(28)18-7-5-4-6-17(18)19(25-26)20(27)24-23-14(2)16-10-8-15(13-22)9-11-16/h4-11H,3,12H2,1-2H3,(H,24,27)/b23-14+. The van der Waals surface area contributed by atoms with Crippen molar-refractivity contribution < 1.29 is 4.79 Å². The van der Waals surface area contributed by atoms with Crippen LogP contribution >= 0.6 is 0 Å². The Hall–Kier alpha value is -3.79. The van der Waals surface area contributed by atoms with Gasteiger partial charge in [-0.2, -0.15) is 15.5 Å². The van der Waals surface area contributed by atoms with Crippen LogP contribution in [-0.2, 0) is 6.54 Å². The Bertz CT molecular complexity index is 1150. The summed E-state index contributed by atoms with van der Waals surface area (Å²) in [4.78, 5) is 25.2. The Labute approximate surface area is 161 Å². The van der Waals surface area contributed by atoms with Crippen LogP contribution in [0.2, 0.25) is 0 Å². The summed E-state index contributed by atoms with van der Waals surface area (Å²) in [7, 11) is 0. The van der Waals surface area contributed by atoms with Crippen LogP contribution in [-0.4, -0.2) is 21.4 Å². The first-order chi connectivity index (χ1) is 13.5. The molecule has 3 aromatic rings. The van der Waals surface area contributed by atoms with Crippen molar-refractivity contribution >= 4 is 22.4 Å². The number of hydrazone groups is 1. The smallest absolute Gasteiger partial charge is 0.267 e. The molecule has 0 saturated carbocycles. The maximum Gasteiger partial charge on any atom is 0.292 e. The number of amides is 1. The highest BCUT2D eigenvalue weighted by Crippen LogP contribution is 2.13. The molecule has 3 rings (SSSR count). The summed E-state index contributed by atoms with van der Waals surface area (Å²) < 4.78 is 1.31. The fourth-order valence-corrected chi connectivity index (χ4v) is 2.80. The third-order valence-corrected chi connectivity index (χ3v) is 4.28. The quantitative estimate of drug-likeness (QED) is 0.549. The first kappa shape index (κ1) is 19.0. The zero-order valence-electron chi connectivity index (χ0n) is 15.6. The van der Waals surface area contributed by atoms with Crippen LogP contribution in [0, 0.1) is 11.3 Å². The molecule has 140 valence electrons. The number of carbonyl (C=O) groups excluding carboxylic acids is 1. The molecule has 1 aromatic heterocycles. The number of aromatic nitrogens is 2. The molecule has 0 aliphatic carbocycles. The lowest BCUT2D eigenvalue weighted by molar-refractivity contribution is 0.0949. The number of nitrogens with zero attached hydrogens (tertiary/aromatic N) is 4. The molecule has 0 atom stereocenters. The van der Waals surface area contributed by atoms with Gasteiger partial charge in [-0.1, -0.05) is 37.3 Å². The van der Waals surface area contributed by atoms with Gasteiger partial charge in [-0.05, 0) is 37.1 Å². The van der Waals surface area contributed by atoms with Gasteiger partial charge in [0, 0.05) is 11.9 Å². The first-order valence-electron chi connectivity index (χ1n) is 8.90. The lowest BCUT2D eigenvalue weighted by Crippen LogP contribution is -2.29. The van der Waals surface area contributed by atoms with Crippen LogP contribution in [0.1, 0.15) is 41.9 Å². The highest BCUT2D eigenvalue weighted by Gasteiger charge is 2.16. The number of nitrogens with one attached hydrogen (secondary N) is 1. The van der Waals surface area contributed by atoms with Crippen molar-refractivity contribution in [2.45, 2.75) is 26.8 Å². The molecule has 0 aliphatic rings. The number of fused-ring (bicyclic) bond motifs is 1. The van der Waals surface area contributed by atoms with Crippen molar-refractivity contribution in [1.82, 2.24) is 15.2 Å². The molecule has 7 heteroatoms. The van der Waals surface area contributed by atoms with Crippen LogP contribution in [0.15, 0.2) is 58.4 Å². The molecular formula is C21H19N5O2. The maximum absolute atomic E-state index is 12.7. The van der Waals surface area contributed by atoms with Crippen LogP contribution in [0.25, 0.3) is 10.8 Å². The summed E-state index contributed by atoms with van der Waals surface area (Å²) in [6.45, 7) is 4.12. The Morgan fingerprint density at radius 2 is 1.86 bits per heavy atom. The number of rotatable bonds is 5. The summed E-state index contributed by atoms with van der Waals surface area (Å²) in [5, 5.41) is 18.2. The lowest BCUT2D eigenvalue weighted by atomic mass is 10.1. The van der Waals surface area contributed by atoms with Crippen molar-refractivity contribution in [2.75, 3.05) is 0 Å². The summed E-state index contributed by atoms with van der Waals surface area (Å²) >= 11 is 0. The van der Waals surface area contributed by atoms with E-state index in [0.29, 0.717) is 28.6 Å². The van der Waals surface area contributed by atoms with Crippen LogP contribution in [0.3, 0.4) is 0 Å². The molecule has 7 nitrogen and oxygen atoms in total. The van der Waals surface area contributed by atoms with Crippen LogP contribution in [0.5, 0.6) is 0 Å². The fraction of sp³-hybridized carbons (Fsp3) is 0.190. The molecule has 2 aromatic carbocycles. The Morgan fingerprint density at radius 1 is 1.18 bits per heavy atom. The molecule has 0 saturated heterocycles. The van der Waals surface area contributed by atoms with Crippen molar-refractivity contribution in [3.63, 3.8) is 0 Å². The van der Waals surface area contributed by atoms with E-state index in [1.54, 1.807) is 55.5 Å². The maximum atomic E-state index is 12.7. The van der Waals surface area contributed by atoms with Gasteiger partial charge in [0.15, 0.2) is 5.69 Å². The van der Waals surface area contributed by atoms with Gasteiger partial charge in [0.1, 0.15) is 0 Å². The van der Waals surface area contributed by atoms with E-state index in [1.807, 2.05) is 6.92 Å². The zero-order valence-corrected chi connectivity index (χ0v) is 15.6. The van der Waals surface area contributed by atoms with E-state index in [2.05, 4.69) is 21.7 Å². The van der Waals surface area contributed by atoms with Gasteiger partial charge >= 0.3 is 0 Å². The SMILES string of the molecule is CCCn1nc(C(=O)N/N=C(\C)c2ccc(C#N)cc2)c2ccccc2c1=O. The second kappa shape index (κ2) is 8.27. The minimum atomic E-state index is -0.492. The van der Waals surface area contributed by atoms with E-state index in [-0.39, 0.29) is 11.3 Å². The number of hydrogen-bond donors (Lipinski definition) is 1. The van der Waals surface area contributed by atoms with E-state index in [1.165, 1.54) is 4.68 Å². The summed E-state index contributed by atoms with van der Waals surface area (Å²) in [6, 6.07) is 15.9. The minimum Gasteiger partial charge on any atom is -0.267 e. The average Bonchev–Trinajstić information content (AvgIpc) is 2.74. The van der Waals surface area contributed by atoms with E-state index < -0.39 is 5.91 Å². The molecular weight excluding hydrogens is 354 g/mol. The largest absolute Gasteiger partial charge is 0.292 e. The monoisotopic (exact) mass is 373 g/mol. The van der Waals surface area contributed by atoms with Crippen molar-refractivity contribution in [3.05, 3.63) is 75.7 Å². The van der Waals surface area contributed by atoms with Crippen LogP contribution in [0.4, 0.5) is 0 Å². The number of nitriles is 1. The summed E-state index contributed by atoms with van der Waals surface area (Å²) in [5.74, 6) is -0.492. The molecule has 1 amide bonds. The number of hydrogen-bond acceptors (Lipinski definition) is 5. The summed E-state index contributed by atoms with van der Waals surface area (Å²) in [5.41, 5.74) is 4.37.